The molecule has 0 amide bonds. The number of carbonyl (C=O) groups is 1. The zero-order valence-corrected chi connectivity index (χ0v) is 12.0. The smallest absolute Gasteiger partial charge is 0.199 e. The number of rotatable bonds is 3. The minimum atomic E-state index is -0.544. The molecule has 0 heterocycles. The van der Waals surface area contributed by atoms with Gasteiger partial charge in [0.05, 0.1) is 7.11 Å². The first-order chi connectivity index (χ1) is 10.2. The fraction of sp³-hybridized carbons (Fsp3) is 0.278. The Morgan fingerprint density at radius 1 is 1.10 bits per heavy atom. The molecular weight excluding hydrogens is 267 g/mol. The van der Waals surface area contributed by atoms with E-state index in [9.17, 15) is 9.18 Å². The SMILES string of the molecule is COc1cccc(F)c1C(=O)c1ccc2c(c1)CCCC2. The molecule has 0 fully saturated rings. The van der Waals surface area contributed by atoms with Crippen molar-refractivity contribution >= 4 is 5.78 Å². The van der Waals surface area contributed by atoms with E-state index in [-0.39, 0.29) is 17.1 Å². The largest absolute Gasteiger partial charge is 0.496 e. The predicted octanol–water partition coefficient (Wildman–Crippen LogP) is 3.94. The highest BCUT2D eigenvalue weighted by Crippen LogP contribution is 2.27. The zero-order chi connectivity index (χ0) is 14.8. The maximum atomic E-state index is 14.0. The average Bonchev–Trinajstić information content (AvgIpc) is 2.53. The summed E-state index contributed by atoms with van der Waals surface area (Å²) in [6, 6.07) is 10.1. The first-order valence-electron chi connectivity index (χ1n) is 7.19. The lowest BCUT2D eigenvalue weighted by atomic mass is 9.89. The lowest BCUT2D eigenvalue weighted by Gasteiger charge is -2.16. The Bertz CT molecular complexity index is 692. The number of hydrogen-bond donors (Lipinski definition) is 0. The van der Waals surface area contributed by atoms with Crippen LogP contribution in [-0.4, -0.2) is 12.9 Å². The second kappa shape index (κ2) is 5.68. The lowest BCUT2D eigenvalue weighted by Crippen LogP contribution is -2.09. The van der Waals surface area contributed by atoms with Gasteiger partial charge in [0, 0.05) is 5.56 Å². The van der Waals surface area contributed by atoms with Crippen LogP contribution in [0.1, 0.15) is 39.9 Å². The second-order valence-electron chi connectivity index (χ2n) is 5.34. The number of halogens is 1. The van der Waals surface area contributed by atoms with Crippen LogP contribution in [0.15, 0.2) is 36.4 Å². The van der Waals surface area contributed by atoms with Gasteiger partial charge in [-0.3, -0.25) is 4.79 Å². The summed E-state index contributed by atoms with van der Waals surface area (Å²) in [5.74, 6) is -0.590. The number of carbonyl (C=O) groups excluding carboxylic acids is 1. The number of ketones is 1. The lowest BCUT2D eigenvalue weighted by molar-refractivity contribution is 0.103. The van der Waals surface area contributed by atoms with Crippen LogP contribution in [0.2, 0.25) is 0 Å². The molecule has 3 rings (SSSR count). The van der Waals surface area contributed by atoms with Crippen molar-refractivity contribution in [3.05, 3.63) is 64.5 Å². The van der Waals surface area contributed by atoms with Crippen molar-refractivity contribution in [2.24, 2.45) is 0 Å². The summed E-state index contributed by atoms with van der Waals surface area (Å²) < 4.78 is 19.1. The molecule has 1 aliphatic rings. The first-order valence-corrected chi connectivity index (χ1v) is 7.19. The summed E-state index contributed by atoms with van der Waals surface area (Å²) in [5, 5.41) is 0. The van der Waals surface area contributed by atoms with Gasteiger partial charge >= 0.3 is 0 Å². The maximum Gasteiger partial charge on any atom is 0.199 e. The van der Waals surface area contributed by atoms with Crippen molar-refractivity contribution in [1.82, 2.24) is 0 Å². The summed E-state index contributed by atoms with van der Waals surface area (Å²) in [6.45, 7) is 0. The summed E-state index contributed by atoms with van der Waals surface area (Å²) in [6.07, 6.45) is 4.40. The van der Waals surface area contributed by atoms with Gasteiger partial charge in [0.15, 0.2) is 5.78 Å². The molecule has 0 saturated heterocycles. The number of methoxy groups -OCH3 is 1. The number of aryl methyl sites for hydroxylation is 2. The van der Waals surface area contributed by atoms with E-state index in [0.29, 0.717) is 5.56 Å². The maximum absolute atomic E-state index is 14.0. The van der Waals surface area contributed by atoms with Crippen LogP contribution in [0.4, 0.5) is 4.39 Å². The van der Waals surface area contributed by atoms with Crippen LogP contribution in [0.3, 0.4) is 0 Å². The van der Waals surface area contributed by atoms with Gasteiger partial charge in [0.25, 0.3) is 0 Å². The van der Waals surface area contributed by atoms with Gasteiger partial charge in [-0.25, -0.2) is 4.39 Å². The molecule has 21 heavy (non-hydrogen) atoms. The van der Waals surface area contributed by atoms with E-state index in [4.69, 9.17) is 4.74 Å². The standard InChI is InChI=1S/C18H17FO2/c1-21-16-8-4-7-15(19)17(16)18(20)14-10-9-12-5-2-3-6-13(12)11-14/h4,7-11H,2-3,5-6H2,1H3. The summed E-state index contributed by atoms with van der Waals surface area (Å²) in [4.78, 5) is 12.6. The molecular formula is C18H17FO2. The molecule has 0 unspecified atom stereocenters. The van der Waals surface area contributed by atoms with Gasteiger partial charge in [-0.2, -0.15) is 0 Å². The van der Waals surface area contributed by atoms with Gasteiger partial charge in [-0.15, -0.1) is 0 Å². The molecule has 108 valence electrons. The molecule has 0 bridgehead atoms. The van der Waals surface area contributed by atoms with Crippen molar-refractivity contribution in [3.8, 4) is 5.75 Å². The molecule has 3 heteroatoms. The molecule has 0 saturated carbocycles. The van der Waals surface area contributed by atoms with Crippen LogP contribution in [0.25, 0.3) is 0 Å². The highest BCUT2D eigenvalue weighted by molar-refractivity contribution is 6.11. The normalized spacial score (nSPS) is 13.6. The molecule has 0 atom stereocenters. The summed E-state index contributed by atoms with van der Waals surface area (Å²) >= 11 is 0. The number of benzene rings is 2. The fourth-order valence-electron chi connectivity index (χ4n) is 2.91. The van der Waals surface area contributed by atoms with Gasteiger partial charge in [0.2, 0.25) is 0 Å². The van der Waals surface area contributed by atoms with E-state index in [1.54, 1.807) is 12.1 Å². The fourth-order valence-corrected chi connectivity index (χ4v) is 2.91. The minimum Gasteiger partial charge on any atom is -0.496 e. The van der Waals surface area contributed by atoms with Crippen LogP contribution in [-0.2, 0) is 12.8 Å². The van der Waals surface area contributed by atoms with Crippen LogP contribution < -0.4 is 4.74 Å². The second-order valence-corrected chi connectivity index (χ2v) is 5.34. The number of hydrogen-bond acceptors (Lipinski definition) is 2. The summed E-state index contributed by atoms with van der Waals surface area (Å²) in [7, 11) is 1.44. The third-order valence-electron chi connectivity index (χ3n) is 4.03. The first kappa shape index (κ1) is 13.8. The van der Waals surface area contributed by atoms with Crippen LogP contribution >= 0.6 is 0 Å². The Balaban J connectivity index is 2.03. The van der Waals surface area contributed by atoms with Gasteiger partial charge in [-0.1, -0.05) is 18.2 Å². The van der Waals surface area contributed by atoms with E-state index in [0.717, 1.165) is 19.3 Å². The Morgan fingerprint density at radius 3 is 2.62 bits per heavy atom. The topological polar surface area (TPSA) is 26.3 Å². The van der Waals surface area contributed by atoms with E-state index in [2.05, 4.69) is 0 Å². The van der Waals surface area contributed by atoms with Gasteiger partial charge in [-0.05, 0) is 55.0 Å². The summed E-state index contributed by atoms with van der Waals surface area (Å²) in [5.41, 5.74) is 3.05. The zero-order valence-electron chi connectivity index (χ0n) is 12.0. The van der Waals surface area contributed by atoms with Crippen molar-refractivity contribution in [3.63, 3.8) is 0 Å². The van der Waals surface area contributed by atoms with E-state index in [1.165, 1.54) is 36.8 Å². The Kier molecular flexibility index (Phi) is 3.74. The van der Waals surface area contributed by atoms with Crippen molar-refractivity contribution < 1.29 is 13.9 Å². The monoisotopic (exact) mass is 284 g/mol. The molecule has 0 aliphatic heterocycles. The highest BCUT2D eigenvalue weighted by atomic mass is 19.1. The number of ether oxygens (including phenoxy) is 1. The Morgan fingerprint density at radius 2 is 1.86 bits per heavy atom. The van der Waals surface area contributed by atoms with Gasteiger partial charge < -0.3 is 4.74 Å². The third kappa shape index (κ3) is 2.56. The quantitative estimate of drug-likeness (QED) is 0.798. The minimum absolute atomic E-state index is 0.00996. The van der Waals surface area contributed by atoms with E-state index in [1.807, 2.05) is 12.1 Å². The average molecular weight is 284 g/mol. The highest BCUT2D eigenvalue weighted by Gasteiger charge is 2.20. The van der Waals surface area contributed by atoms with Crippen LogP contribution in [0, 0.1) is 5.82 Å². The van der Waals surface area contributed by atoms with Crippen LogP contribution in [0.5, 0.6) is 5.75 Å². The molecule has 0 N–H and O–H groups in total. The number of fused-ring (bicyclic) bond motifs is 1. The molecule has 0 aromatic heterocycles. The van der Waals surface area contributed by atoms with Gasteiger partial charge in [0.1, 0.15) is 17.1 Å². The molecule has 0 spiro atoms. The Hall–Kier alpha value is -2.16. The predicted molar refractivity (Wildman–Crippen MR) is 79.5 cm³/mol. The third-order valence-corrected chi connectivity index (χ3v) is 4.03. The van der Waals surface area contributed by atoms with Crippen molar-refractivity contribution in [2.75, 3.05) is 7.11 Å². The molecule has 2 aromatic rings. The van der Waals surface area contributed by atoms with E-state index >= 15 is 0 Å². The molecule has 1 aliphatic carbocycles. The Labute approximate surface area is 123 Å². The van der Waals surface area contributed by atoms with E-state index < -0.39 is 5.82 Å². The van der Waals surface area contributed by atoms with Crippen molar-refractivity contribution in [2.45, 2.75) is 25.7 Å². The molecule has 2 aromatic carbocycles. The molecule has 0 radical (unpaired) electrons. The molecule has 2 nitrogen and oxygen atoms in total. The van der Waals surface area contributed by atoms with Crippen molar-refractivity contribution in [1.29, 1.82) is 0 Å².